The first-order valence-corrected chi connectivity index (χ1v) is 8.31. The van der Waals surface area contributed by atoms with Gasteiger partial charge in [0, 0.05) is 0 Å². The van der Waals surface area contributed by atoms with Gasteiger partial charge in [0.25, 0.3) is 0 Å². The van der Waals surface area contributed by atoms with Crippen LogP contribution in [0.5, 0.6) is 5.75 Å². The Kier molecular flexibility index (Phi) is 6.82. The van der Waals surface area contributed by atoms with Gasteiger partial charge in [-0.25, -0.2) is 4.79 Å². The van der Waals surface area contributed by atoms with Gasteiger partial charge in [0.05, 0.1) is 5.56 Å². The minimum atomic E-state index is -0.304. The summed E-state index contributed by atoms with van der Waals surface area (Å²) in [6.07, 6.45) is 2.07. The molecule has 2 aromatic carbocycles. The van der Waals surface area contributed by atoms with Crippen LogP contribution < -0.4 is 4.74 Å². The summed E-state index contributed by atoms with van der Waals surface area (Å²) in [4.78, 5) is 14.6. The van der Waals surface area contributed by atoms with Crippen LogP contribution in [0.15, 0.2) is 54.6 Å². The van der Waals surface area contributed by atoms with Crippen molar-refractivity contribution in [2.75, 3.05) is 19.6 Å². The van der Waals surface area contributed by atoms with Crippen LogP contribution in [0.4, 0.5) is 0 Å². The number of carbonyl (C=O) groups is 1. The Labute approximate surface area is 138 Å². The number of hydrogen-bond donors (Lipinski definition) is 0. The van der Waals surface area contributed by atoms with Gasteiger partial charge in [0.1, 0.15) is 5.75 Å². The van der Waals surface area contributed by atoms with Crippen molar-refractivity contribution >= 4 is 5.97 Å². The number of para-hydroxylation sites is 1. The average molecular weight is 311 g/mol. The molecule has 0 radical (unpaired) electrons. The second-order valence-electron chi connectivity index (χ2n) is 5.53. The predicted molar refractivity (Wildman–Crippen MR) is 94.0 cm³/mol. The first kappa shape index (κ1) is 17.2. The minimum Gasteiger partial charge on any atom is -0.423 e. The molecule has 0 unspecified atom stereocenters. The Bertz CT molecular complexity index is 606. The van der Waals surface area contributed by atoms with Crippen LogP contribution in [0.1, 0.15) is 36.2 Å². The summed E-state index contributed by atoms with van der Waals surface area (Å²) in [5, 5.41) is 0. The minimum absolute atomic E-state index is 0.304. The maximum Gasteiger partial charge on any atom is 0.343 e. The van der Waals surface area contributed by atoms with Gasteiger partial charge in [0.2, 0.25) is 0 Å². The summed E-state index contributed by atoms with van der Waals surface area (Å²) in [5.41, 5.74) is 1.79. The molecule has 0 saturated heterocycles. The van der Waals surface area contributed by atoms with E-state index in [0.29, 0.717) is 11.3 Å². The standard InChI is InChI=1S/C20H25NO2/c1-3-21(4-2)15-9-11-17-10-8-12-18(16-17)20(22)23-19-13-6-5-7-14-19/h5-8,10,12-14,16H,3-4,9,11,15H2,1-2H3. The number of esters is 1. The van der Waals surface area contributed by atoms with E-state index in [1.54, 1.807) is 18.2 Å². The molecule has 0 spiro atoms. The Morgan fingerprint density at radius 2 is 1.74 bits per heavy atom. The van der Waals surface area contributed by atoms with Crippen LogP contribution in [0.2, 0.25) is 0 Å². The van der Waals surface area contributed by atoms with E-state index < -0.39 is 0 Å². The van der Waals surface area contributed by atoms with Crippen molar-refractivity contribution in [3.05, 3.63) is 65.7 Å². The molecule has 2 aromatic rings. The van der Waals surface area contributed by atoms with E-state index >= 15 is 0 Å². The average Bonchev–Trinajstić information content (AvgIpc) is 2.60. The third-order valence-electron chi connectivity index (χ3n) is 3.95. The fourth-order valence-corrected chi connectivity index (χ4v) is 2.55. The molecule has 122 valence electrons. The molecule has 23 heavy (non-hydrogen) atoms. The smallest absolute Gasteiger partial charge is 0.343 e. The molecule has 2 rings (SSSR count). The van der Waals surface area contributed by atoms with E-state index in [9.17, 15) is 4.79 Å². The monoisotopic (exact) mass is 311 g/mol. The fourth-order valence-electron chi connectivity index (χ4n) is 2.55. The van der Waals surface area contributed by atoms with Crippen molar-refractivity contribution in [1.29, 1.82) is 0 Å². The highest BCUT2D eigenvalue weighted by Gasteiger charge is 2.09. The van der Waals surface area contributed by atoms with Gasteiger partial charge >= 0.3 is 5.97 Å². The molecule has 3 nitrogen and oxygen atoms in total. The van der Waals surface area contributed by atoms with Crippen LogP contribution >= 0.6 is 0 Å². The van der Waals surface area contributed by atoms with Gasteiger partial charge in [-0.15, -0.1) is 0 Å². The van der Waals surface area contributed by atoms with Gasteiger partial charge in [-0.1, -0.05) is 44.2 Å². The van der Waals surface area contributed by atoms with Gasteiger partial charge in [0.15, 0.2) is 0 Å². The molecule has 0 N–H and O–H groups in total. The maximum absolute atomic E-state index is 12.2. The fraction of sp³-hybridized carbons (Fsp3) is 0.350. The molecule has 0 amide bonds. The van der Waals surface area contributed by atoms with Crippen molar-refractivity contribution in [3.8, 4) is 5.75 Å². The van der Waals surface area contributed by atoms with Crippen LogP contribution in [0.25, 0.3) is 0 Å². The molecule has 0 atom stereocenters. The van der Waals surface area contributed by atoms with Crippen LogP contribution in [0, 0.1) is 0 Å². The lowest BCUT2D eigenvalue weighted by molar-refractivity contribution is 0.0734. The highest BCUT2D eigenvalue weighted by atomic mass is 16.5. The SMILES string of the molecule is CCN(CC)CCCc1cccc(C(=O)Oc2ccccc2)c1. The first-order chi connectivity index (χ1) is 11.2. The molecule has 0 saturated carbocycles. The predicted octanol–water partition coefficient (Wildman–Crippen LogP) is 4.18. The Hall–Kier alpha value is -2.13. The highest BCUT2D eigenvalue weighted by molar-refractivity contribution is 5.91. The summed E-state index contributed by atoms with van der Waals surface area (Å²) >= 11 is 0. The third-order valence-corrected chi connectivity index (χ3v) is 3.95. The molecule has 0 fully saturated rings. The Morgan fingerprint density at radius 3 is 2.43 bits per heavy atom. The van der Waals surface area contributed by atoms with Crippen LogP contribution in [0.3, 0.4) is 0 Å². The van der Waals surface area contributed by atoms with Crippen molar-refractivity contribution in [3.63, 3.8) is 0 Å². The number of rotatable bonds is 8. The number of benzene rings is 2. The molecule has 0 aliphatic rings. The molecule has 0 aliphatic heterocycles. The highest BCUT2D eigenvalue weighted by Crippen LogP contribution is 2.14. The number of ether oxygens (including phenoxy) is 1. The van der Waals surface area contributed by atoms with E-state index in [2.05, 4.69) is 24.8 Å². The van der Waals surface area contributed by atoms with Crippen LogP contribution in [-0.4, -0.2) is 30.5 Å². The summed E-state index contributed by atoms with van der Waals surface area (Å²) in [6.45, 7) is 7.62. The first-order valence-electron chi connectivity index (χ1n) is 8.31. The lowest BCUT2D eigenvalue weighted by atomic mass is 10.1. The van der Waals surface area contributed by atoms with Crippen molar-refractivity contribution in [1.82, 2.24) is 4.90 Å². The summed E-state index contributed by atoms with van der Waals surface area (Å²) < 4.78 is 5.39. The summed E-state index contributed by atoms with van der Waals surface area (Å²) in [7, 11) is 0. The molecule has 3 heteroatoms. The van der Waals surface area contributed by atoms with E-state index in [1.165, 1.54) is 5.56 Å². The second kappa shape index (κ2) is 9.11. The van der Waals surface area contributed by atoms with Gasteiger partial charge in [-0.2, -0.15) is 0 Å². The second-order valence-corrected chi connectivity index (χ2v) is 5.53. The van der Waals surface area contributed by atoms with E-state index in [1.807, 2.05) is 30.3 Å². The molecule has 0 aliphatic carbocycles. The maximum atomic E-state index is 12.2. The van der Waals surface area contributed by atoms with Crippen molar-refractivity contribution in [2.24, 2.45) is 0 Å². The number of aryl methyl sites for hydroxylation is 1. The Balaban J connectivity index is 1.92. The zero-order chi connectivity index (χ0) is 16.5. The van der Waals surface area contributed by atoms with Gasteiger partial charge in [-0.3, -0.25) is 0 Å². The third kappa shape index (κ3) is 5.53. The number of hydrogen-bond acceptors (Lipinski definition) is 3. The number of carbonyl (C=O) groups excluding carboxylic acids is 1. The van der Waals surface area contributed by atoms with Gasteiger partial charge < -0.3 is 9.64 Å². The summed E-state index contributed by atoms with van der Waals surface area (Å²) in [6, 6.07) is 16.9. The number of nitrogens with zero attached hydrogens (tertiary/aromatic N) is 1. The largest absolute Gasteiger partial charge is 0.423 e. The zero-order valence-electron chi connectivity index (χ0n) is 14.0. The molecule has 0 bridgehead atoms. The van der Waals surface area contributed by atoms with Crippen LogP contribution in [-0.2, 0) is 6.42 Å². The topological polar surface area (TPSA) is 29.5 Å². The molecule has 0 aromatic heterocycles. The lowest BCUT2D eigenvalue weighted by Gasteiger charge is -2.17. The van der Waals surface area contributed by atoms with Crippen molar-refractivity contribution < 1.29 is 9.53 Å². The zero-order valence-corrected chi connectivity index (χ0v) is 14.0. The quantitative estimate of drug-likeness (QED) is 0.541. The summed E-state index contributed by atoms with van der Waals surface area (Å²) in [5.74, 6) is 0.270. The van der Waals surface area contributed by atoms with Gasteiger partial charge in [-0.05, 0) is 62.3 Å². The lowest BCUT2D eigenvalue weighted by Crippen LogP contribution is -2.24. The molecular weight excluding hydrogens is 286 g/mol. The van der Waals surface area contributed by atoms with E-state index in [-0.39, 0.29) is 5.97 Å². The Morgan fingerprint density at radius 1 is 1.00 bits per heavy atom. The molecule has 0 heterocycles. The normalized spacial score (nSPS) is 10.7. The van der Waals surface area contributed by atoms with E-state index in [4.69, 9.17) is 4.74 Å². The van der Waals surface area contributed by atoms with E-state index in [0.717, 1.165) is 32.5 Å². The van der Waals surface area contributed by atoms with Crippen molar-refractivity contribution in [2.45, 2.75) is 26.7 Å². The molecular formula is C20H25NO2.